The molecule has 2 heterocycles. The number of benzene rings is 8. The van der Waals surface area contributed by atoms with Gasteiger partial charge in [-0.1, -0.05) is 146 Å². The van der Waals surface area contributed by atoms with Gasteiger partial charge in [0.15, 0.2) is 17.5 Å². The minimum absolute atomic E-state index is 0.597. The van der Waals surface area contributed by atoms with E-state index in [2.05, 4.69) is 158 Å². The van der Waals surface area contributed by atoms with Crippen molar-refractivity contribution in [3.8, 4) is 56.4 Å². The number of fused-ring (bicyclic) bond motifs is 5. The van der Waals surface area contributed by atoms with Crippen LogP contribution in [-0.4, -0.2) is 15.0 Å². The van der Waals surface area contributed by atoms with Crippen molar-refractivity contribution < 1.29 is 4.42 Å². The van der Waals surface area contributed by atoms with Crippen molar-refractivity contribution in [3.63, 3.8) is 0 Å². The maximum Gasteiger partial charge on any atom is 0.164 e. The monoisotopic (exact) mass is 651 g/mol. The number of rotatable bonds is 5. The third kappa shape index (κ3) is 5.22. The van der Waals surface area contributed by atoms with Gasteiger partial charge >= 0.3 is 0 Å². The van der Waals surface area contributed by atoms with Gasteiger partial charge in [0.25, 0.3) is 0 Å². The predicted octanol–water partition coefficient (Wildman–Crippen LogP) is 12.4. The van der Waals surface area contributed by atoms with Gasteiger partial charge in [-0.2, -0.15) is 0 Å². The third-order valence-electron chi connectivity index (χ3n) is 9.71. The molecule has 0 amide bonds. The van der Waals surface area contributed by atoms with Crippen molar-refractivity contribution in [1.29, 1.82) is 0 Å². The Hall–Kier alpha value is -6.91. The van der Waals surface area contributed by atoms with Crippen molar-refractivity contribution in [3.05, 3.63) is 176 Å². The van der Waals surface area contributed by atoms with E-state index >= 15 is 0 Å². The smallest absolute Gasteiger partial charge is 0.164 e. The average Bonchev–Trinajstić information content (AvgIpc) is 3.59. The molecule has 4 nitrogen and oxygen atoms in total. The number of nitrogens with zero attached hydrogens (tertiary/aromatic N) is 3. The summed E-state index contributed by atoms with van der Waals surface area (Å²) in [5.74, 6) is 1.83. The fourth-order valence-corrected chi connectivity index (χ4v) is 7.09. The molecule has 2 aromatic heterocycles. The summed E-state index contributed by atoms with van der Waals surface area (Å²) in [7, 11) is 0. The summed E-state index contributed by atoms with van der Waals surface area (Å²) in [6.07, 6.45) is 0. The molecule has 0 aliphatic carbocycles. The Bertz CT molecular complexity index is 2910. The predicted molar refractivity (Wildman–Crippen MR) is 209 cm³/mol. The zero-order chi connectivity index (χ0) is 33.7. The van der Waals surface area contributed by atoms with Gasteiger partial charge in [0.1, 0.15) is 11.2 Å². The van der Waals surface area contributed by atoms with Crippen molar-refractivity contribution in [2.24, 2.45) is 0 Å². The summed E-state index contributed by atoms with van der Waals surface area (Å²) in [4.78, 5) is 15.4. The molecule has 10 rings (SSSR count). The van der Waals surface area contributed by atoms with E-state index in [0.717, 1.165) is 60.7 Å². The Labute approximate surface area is 294 Å². The van der Waals surface area contributed by atoms with E-state index in [0.29, 0.717) is 17.5 Å². The molecule has 0 spiro atoms. The molecule has 0 fully saturated rings. The highest BCUT2D eigenvalue weighted by Crippen LogP contribution is 2.39. The summed E-state index contributed by atoms with van der Waals surface area (Å²) >= 11 is 0. The minimum Gasteiger partial charge on any atom is -0.456 e. The van der Waals surface area contributed by atoms with Crippen LogP contribution in [0.5, 0.6) is 0 Å². The van der Waals surface area contributed by atoms with E-state index in [-0.39, 0.29) is 0 Å². The average molecular weight is 652 g/mol. The van der Waals surface area contributed by atoms with Crippen molar-refractivity contribution in [2.75, 3.05) is 0 Å². The summed E-state index contributed by atoms with van der Waals surface area (Å²) < 4.78 is 6.44. The maximum absolute atomic E-state index is 6.44. The molecule has 0 atom stereocenters. The molecule has 0 saturated carbocycles. The number of hydrogen-bond donors (Lipinski definition) is 0. The van der Waals surface area contributed by atoms with Crippen LogP contribution in [-0.2, 0) is 0 Å². The first-order chi connectivity index (χ1) is 25.2. The van der Waals surface area contributed by atoms with E-state index in [4.69, 9.17) is 19.4 Å². The topological polar surface area (TPSA) is 51.8 Å². The lowest BCUT2D eigenvalue weighted by Gasteiger charge is -2.10. The number of furan rings is 1. The minimum atomic E-state index is 0.597. The quantitative estimate of drug-likeness (QED) is 0.186. The molecule has 238 valence electrons. The lowest BCUT2D eigenvalue weighted by atomic mass is 9.98. The Kier molecular flexibility index (Phi) is 6.78. The molecule has 0 saturated heterocycles. The molecular formula is C47H29N3O. The Balaban J connectivity index is 1.16. The van der Waals surface area contributed by atoms with Crippen LogP contribution in [0, 0.1) is 0 Å². The van der Waals surface area contributed by atoms with Crippen molar-refractivity contribution >= 4 is 43.5 Å². The van der Waals surface area contributed by atoms with Crippen molar-refractivity contribution in [2.45, 2.75) is 0 Å². The van der Waals surface area contributed by atoms with Crippen LogP contribution in [0.1, 0.15) is 0 Å². The highest BCUT2D eigenvalue weighted by atomic mass is 16.3. The highest BCUT2D eigenvalue weighted by molar-refractivity contribution is 6.13. The molecule has 0 unspecified atom stereocenters. The second-order valence-corrected chi connectivity index (χ2v) is 12.9. The molecule has 10 aromatic rings. The van der Waals surface area contributed by atoms with Crippen molar-refractivity contribution in [1.82, 2.24) is 15.0 Å². The van der Waals surface area contributed by atoms with E-state index in [1.54, 1.807) is 0 Å². The van der Waals surface area contributed by atoms with Gasteiger partial charge in [0.2, 0.25) is 0 Å². The summed E-state index contributed by atoms with van der Waals surface area (Å²) in [5.41, 5.74) is 8.94. The largest absolute Gasteiger partial charge is 0.456 e. The fraction of sp³-hybridized carbons (Fsp3) is 0. The van der Waals surface area contributed by atoms with Crippen LogP contribution >= 0.6 is 0 Å². The Morgan fingerprint density at radius 1 is 0.314 bits per heavy atom. The second kappa shape index (κ2) is 11.9. The van der Waals surface area contributed by atoms with Gasteiger partial charge in [0, 0.05) is 27.5 Å². The molecular weight excluding hydrogens is 623 g/mol. The van der Waals surface area contributed by atoms with Gasteiger partial charge in [-0.25, -0.2) is 15.0 Å². The van der Waals surface area contributed by atoms with Crippen LogP contribution in [0.3, 0.4) is 0 Å². The molecule has 0 aliphatic heterocycles. The zero-order valence-corrected chi connectivity index (χ0v) is 27.5. The number of hydrogen-bond acceptors (Lipinski definition) is 4. The van der Waals surface area contributed by atoms with E-state index in [9.17, 15) is 0 Å². The highest BCUT2D eigenvalue weighted by Gasteiger charge is 2.19. The van der Waals surface area contributed by atoms with Gasteiger partial charge in [-0.05, 0) is 74.1 Å². The molecule has 0 radical (unpaired) electrons. The molecule has 51 heavy (non-hydrogen) atoms. The van der Waals surface area contributed by atoms with E-state index in [1.807, 2.05) is 18.2 Å². The van der Waals surface area contributed by atoms with E-state index < -0.39 is 0 Å². The normalized spacial score (nSPS) is 11.5. The first kappa shape index (κ1) is 29.0. The third-order valence-corrected chi connectivity index (χ3v) is 9.71. The molecule has 0 N–H and O–H groups in total. The summed E-state index contributed by atoms with van der Waals surface area (Å²) in [6, 6.07) is 61.2. The standard InChI is InChI=1S/C47H29N3O/c1-2-9-30(10-3-1)33-17-21-34(22-18-33)45-48-46(39-24-20-32-12-5-7-14-36(32)28-39)50-47(49-45)40-15-8-16-43-44(40)41-29-38(25-26-42(41)51-43)37-23-19-31-11-4-6-13-35(31)27-37/h1-29H. The number of aromatic nitrogens is 3. The van der Waals surface area contributed by atoms with E-state index in [1.165, 1.54) is 21.7 Å². The summed E-state index contributed by atoms with van der Waals surface area (Å²) in [6.45, 7) is 0. The van der Waals surface area contributed by atoms with Crippen LogP contribution in [0.15, 0.2) is 180 Å². The van der Waals surface area contributed by atoms with Crippen LogP contribution in [0.4, 0.5) is 0 Å². The molecule has 0 aliphatic rings. The van der Waals surface area contributed by atoms with Gasteiger partial charge in [-0.15, -0.1) is 0 Å². The molecule has 4 heteroatoms. The lowest BCUT2D eigenvalue weighted by molar-refractivity contribution is 0.669. The molecule has 8 aromatic carbocycles. The Morgan fingerprint density at radius 3 is 1.59 bits per heavy atom. The van der Waals surface area contributed by atoms with Gasteiger partial charge < -0.3 is 4.42 Å². The zero-order valence-electron chi connectivity index (χ0n) is 27.5. The first-order valence-corrected chi connectivity index (χ1v) is 17.1. The Morgan fingerprint density at radius 2 is 0.843 bits per heavy atom. The van der Waals surface area contributed by atoms with Gasteiger partial charge in [-0.3, -0.25) is 0 Å². The summed E-state index contributed by atoms with van der Waals surface area (Å²) in [5, 5.41) is 6.74. The first-order valence-electron chi connectivity index (χ1n) is 17.1. The van der Waals surface area contributed by atoms with Gasteiger partial charge in [0.05, 0.1) is 0 Å². The van der Waals surface area contributed by atoms with Crippen LogP contribution in [0.25, 0.3) is 99.9 Å². The molecule has 0 bridgehead atoms. The second-order valence-electron chi connectivity index (χ2n) is 12.9. The maximum atomic E-state index is 6.44. The SMILES string of the molecule is c1ccc(-c2ccc(-c3nc(-c4ccc5ccccc5c4)nc(-c4cccc5oc6ccc(-c7ccc8ccccc8c7)cc6c45)n3)cc2)cc1. The lowest BCUT2D eigenvalue weighted by Crippen LogP contribution is -2.00. The van der Waals surface area contributed by atoms with Crippen LogP contribution in [0.2, 0.25) is 0 Å². The fourth-order valence-electron chi connectivity index (χ4n) is 7.09. The van der Waals surface area contributed by atoms with Crippen LogP contribution < -0.4 is 0 Å².